The molecule has 8 heteroatoms. The molecule has 1 heterocycles. The van der Waals surface area contributed by atoms with Gasteiger partial charge in [-0.05, 0) is 24.3 Å². The highest BCUT2D eigenvalue weighted by atomic mass is 16.3. The third-order valence-corrected chi connectivity index (χ3v) is 4.27. The maximum Gasteiger partial charge on any atom is 0.313 e. The first kappa shape index (κ1) is 18.9. The lowest BCUT2D eigenvalue weighted by Crippen LogP contribution is -2.38. The highest BCUT2D eigenvalue weighted by molar-refractivity contribution is 6.39. The Kier molecular flexibility index (Phi) is 6.49. The molecule has 1 fully saturated rings. The summed E-state index contributed by atoms with van der Waals surface area (Å²) in [5.41, 5.74) is 1.04. The number of aliphatic hydroxyl groups excluding tert-OH is 2. The van der Waals surface area contributed by atoms with Gasteiger partial charge in [-0.25, -0.2) is 0 Å². The maximum absolute atomic E-state index is 12.2. The summed E-state index contributed by atoms with van der Waals surface area (Å²) in [6.07, 6.45) is 0.368. The summed E-state index contributed by atoms with van der Waals surface area (Å²) in [5, 5.41) is 23.7. The molecule has 1 aromatic carbocycles. The van der Waals surface area contributed by atoms with E-state index in [1.807, 2.05) is 0 Å². The smallest absolute Gasteiger partial charge is 0.313 e. The second-order valence-corrected chi connectivity index (χ2v) is 6.03. The first-order valence-corrected chi connectivity index (χ1v) is 8.20. The normalized spacial score (nSPS) is 19.6. The summed E-state index contributed by atoms with van der Waals surface area (Å²) in [4.78, 5) is 37.0. The zero-order valence-corrected chi connectivity index (χ0v) is 14.1. The maximum atomic E-state index is 12.2. The van der Waals surface area contributed by atoms with E-state index < -0.39 is 11.8 Å². The number of carbonyl (C=O) groups excluding carboxylic acids is 3. The molecule has 0 saturated carbocycles. The van der Waals surface area contributed by atoms with Crippen LogP contribution < -0.4 is 10.6 Å². The zero-order chi connectivity index (χ0) is 18.4. The lowest BCUT2D eigenvalue weighted by atomic mass is 9.98. The van der Waals surface area contributed by atoms with Gasteiger partial charge < -0.3 is 25.7 Å². The van der Waals surface area contributed by atoms with Crippen molar-refractivity contribution in [2.45, 2.75) is 13.3 Å². The van der Waals surface area contributed by atoms with Gasteiger partial charge >= 0.3 is 11.8 Å². The number of aliphatic hydroxyl groups is 2. The number of hydrogen-bond acceptors (Lipinski definition) is 5. The van der Waals surface area contributed by atoms with Crippen LogP contribution in [0.1, 0.15) is 13.3 Å². The number of rotatable bonds is 5. The fraction of sp³-hybridized carbons (Fsp3) is 0.471. The summed E-state index contributed by atoms with van der Waals surface area (Å²) >= 11 is 0. The van der Waals surface area contributed by atoms with Gasteiger partial charge in [-0.1, -0.05) is 6.92 Å². The molecule has 0 unspecified atom stereocenters. The first-order valence-electron chi connectivity index (χ1n) is 8.20. The average molecular weight is 349 g/mol. The van der Waals surface area contributed by atoms with Crippen molar-refractivity contribution in [2.75, 3.05) is 36.9 Å². The molecule has 0 bridgehead atoms. The molecule has 0 aliphatic carbocycles. The van der Waals surface area contributed by atoms with Crippen molar-refractivity contribution in [1.82, 2.24) is 4.90 Å². The molecule has 1 aliphatic heterocycles. The lowest BCUT2D eigenvalue weighted by molar-refractivity contribution is -0.142. The first-order chi connectivity index (χ1) is 12.0. The van der Waals surface area contributed by atoms with E-state index in [9.17, 15) is 24.6 Å². The van der Waals surface area contributed by atoms with E-state index in [4.69, 9.17) is 0 Å². The van der Waals surface area contributed by atoms with Gasteiger partial charge in [0.15, 0.2) is 0 Å². The van der Waals surface area contributed by atoms with Crippen LogP contribution >= 0.6 is 0 Å². The fourth-order valence-electron chi connectivity index (χ4n) is 2.73. The van der Waals surface area contributed by atoms with Crippen molar-refractivity contribution in [2.24, 2.45) is 11.8 Å². The zero-order valence-electron chi connectivity index (χ0n) is 14.1. The van der Waals surface area contributed by atoms with Crippen molar-refractivity contribution in [3.63, 3.8) is 0 Å². The van der Waals surface area contributed by atoms with E-state index in [0.717, 1.165) is 0 Å². The summed E-state index contributed by atoms with van der Waals surface area (Å²) in [6, 6.07) is 6.45. The Balaban J connectivity index is 1.93. The molecule has 0 radical (unpaired) electrons. The van der Waals surface area contributed by atoms with E-state index in [2.05, 4.69) is 10.6 Å². The molecule has 4 N–H and O–H groups in total. The molecule has 25 heavy (non-hydrogen) atoms. The monoisotopic (exact) mass is 349 g/mol. The molecule has 0 spiro atoms. The van der Waals surface area contributed by atoms with E-state index >= 15 is 0 Å². The predicted octanol–water partition coefficient (Wildman–Crippen LogP) is 0.0328. The van der Waals surface area contributed by atoms with Crippen LogP contribution in [0.3, 0.4) is 0 Å². The molecule has 8 nitrogen and oxygen atoms in total. The summed E-state index contributed by atoms with van der Waals surface area (Å²) in [6.45, 7) is 1.96. The van der Waals surface area contributed by atoms with Gasteiger partial charge in [0.1, 0.15) is 0 Å². The van der Waals surface area contributed by atoms with Crippen LogP contribution in [0.2, 0.25) is 0 Å². The minimum Gasteiger partial charge on any atom is -0.396 e. The van der Waals surface area contributed by atoms with E-state index in [-0.39, 0.29) is 44.0 Å². The second kappa shape index (κ2) is 8.59. The molecule has 0 aromatic heterocycles. The minimum atomic E-state index is -0.777. The number of benzene rings is 1. The number of likely N-dealkylation sites (tertiary alicyclic amines) is 1. The molecular weight excluding hydrogens is 326 g/mol. The van der Waals surface area contributed by atoms with E-state index in [1.165, 1.54) is 4.90 Å². The Morgan fingerprint density at radius 3 is 1.92 bits per heavy atom. The van der Waals surface area contributed by atoms with Crippen LogP contribution in [0.15, 0.2) is 24.3 Å². The van der Waals surface area contributed by atoms with Gasteiger partial charge in [0.2, 0.25) is 5.91 Å². The van der Waals surface area contributed by atoms with Crippen LogP contribution in [0.5, 0.6) is 0 Å². The topological polar surface area (TPSA) is 119 Å². The molecule has 136 valence electrons. The van der Waals surface area contributed by atoms with Gasteiger partial charge in [-0.2, -0.15) is 0 Å². The summed E-state index contributed by atoms with van der Waals surface area (Å²) in [5.74, 6) is -2.03. The van der Waals surface area contributed by atoms with Crippen molar-refractivity contribution < 1.29 is 24.6 Å². The van der Waals surface area contributed by atoms with Gasteiger partial charge in [0.05, 0.1) is 0 Å². The molecule has 1 aliphatic rings. The molecule has 3 amide bonds. The van der Waals surface area contributed by atoms with E-state index in [0.29, 0.717) is 17.8 Å². The van der Waals surface area contributed by atoms with Crippen molar-refractivity contribution in [3.8, 4) is 0 Å². The van der Waals surface area contributed by atoms with Crippen LogP contribution in [-0.2, 0) is 14.4 Å². The SMILES string of the molecule is CCC(=O)Nc1ccc(NC(=O)C(=O)N2C[C@@H](CO)[C@H](CO)C2)cc1. The standard InChI is InChI=1S/C17H23N3O5/c1-2-15(23)18-13-3-5-14(6-4-13)19-16(24)17(25)20-7-11(9-21)12(8-20)10-22/h3-6,11-12,21-22H,2,7-10H2,1H3,(H,18,23)(H,19,24)/t11-,12-/m0/s1. The van der Waals surface area contributed by atoms with Crippen molar-refractivity contribution in [1.29, 1.82) is 0 Å². The Labute approximate surface area is 145 Å². The van der Waals surface area contributed by atoms with Crippen LogP contribution in [0.4, 0.5) is 11.4 Å². The number of carbonyl (C=O) groups is 3. The summed E-state index contributed by atoms with van der Waals surface area (Å²) < 4.78 is 0. The number of anilines is 2. The molecule has 1 aromatic rings. The molecule has 2 rings (SSSR count). The Morgan fingerprint density at radius 1 is 1.00 bits per heavy atom. The number of nitrogens with zero attached hydrogens (tertiary/aromatic N) is 1. The predicted molar refractivity (Wildman–Crippen MR) is 91.7 cm³/mol. The fourth-order valence-corrected chi connectivity index (χ4v) is 2.73. The molecule has 2 atom stereocenters. The third kappa shape index (κ3) is 4.77. The van der Waals surface area contributed by atoms with Gasteiger partial charge in [0.25, 0.3) is 0 Å². The minimum absolute atomic E-state index is 0.113. The number of hydrogen-bond donors (Lipinski definition) is 4. The quantitative estimate of drug-likeness (QED) is 0.559. The highest BCUT2D eigenvalue weighted by Crippen LogP contribution is 2.23. The highest BCUT2D eigenvalue weighted by Gasteiger charge is 2.36. The van der Waals surface area contributed by atoms with Crippen LogP contribution in [-0.4, -0.2) is 59.1 Å². The van der Waals surface area contributed by atoms with Gasteiger partial charge in [-0.3, -0.25) is 14.4 Å². The van der Waals surface area contributed by atoms with Crippen LogP contribution in [0.25, 0.3) is 0 Å². The van der Waals surface area contributed by atoms with Gasteiger partial charge in [0, 0.05) is 55.9 Å². The Hall–Kier alpha value is -2.45. The lowest BCUT2D eigenvalue weighted by Gasteiger charge is -2.15. The van der Waals surface area contributed by atoms with Crippen molar-refractivity contribution in [3.05, 3.63) is 24.3 Å². The van der Waals surface area contributed by atoms with Crippen LogP contribution in [0, 0.1) is 11.8 Å². The molecule has 1 saturated heterocycles. The second-order valence-electron chi connectivity index (χ2n) is 6.03. The Bertz CT molecular complexity index is 620. The average Bonchev–Trinajstić information content (AvgIpc) is 3.05. The van der Waals surface area contributed by atoms with E-state index in [1.54, 1.807) is 31.2 Å². The molecular formula is C17H23N3O5. The largest absolute Gasteiger partial charge is 0.396 e. The summed E-state index contributed by atoms with van der Waals surface area (Å²) in [7, 11) is 0. The number of nitrogens with one attached hydrogen (secondary N) is 2. The van der Waals surface area contributed by atoms with Gasteiger partial charge in [-0.15, -0.1) is 0 Å². The number of amides is 3. The van der Waals surface area contributed by atoms with Crippen molar-refractivity contribution >= 4 is 29.1 Å². The Morgan fingerprint density at radius 2 is 1.48 bits per heavy atom. The third-order valence-electron chi connectivity index (χ3n) is 4.27.